The van der Waals surface area contributed by atoms with Crippen LogP contribution in [-0.4, -0.2) is 59.2 Å². The van der Waals surface area contributed by atoms with Crippen LogP contribution in [0.2, 0.25) is 0 Å². The fourth-order valence-corrected chi connectivity index (χ4v) is 3.60. The van der Waals surface area contributed by atoms with Gasteiger partial charge in [-0.1, -0.05) is 6.07 Å². The van der Waals surface area contributed by atoms with Crippen LogP contribution in [0.4, 0.5) is 5.69 Å². The van der Waals surface area contributed by atoms with Crippen LogP contribution >= 0.6 is 0 Å². The van der Waals surface area contributed by atoms with Gasteiger partial charge in [0.1, 0.15) is 5.69 Å². The van der Waals surface area contributed by atoms with Gasteiger partial charge in [-0.25, -0.2) is 4.98 Å². The van der Waals surface area contributed by atoms with Crippen molar-refractivity contribution < 1.29 is 14.3 Å². The molecule has 1 saturated heterocycles. The molecule has 0 saturated carbocycles. The van der Waals surface area contributed by atoms with Crippen molar-refractivity contribution in [2.24, 2.45) is 0 Å². The highest BCUT2D eigenvalue weighted by atomic mass is 16.7. The van der Waals surface area contributed by atoms with E-state index in [4.69, 9.17) is 9.47 Å². The number of rotatable bonds is 4. The lowest BCUT2D eigenvalue weighted by Gasteiger charge is -2.34. The van der Waals surface area contributed by atoms with Crippen LogP contribution in [-0.2, 0) is 6.54 Å². The van der Waals surface area contributed by atoms with E-state index in [2.05, 4.69) is 42.0 Å². The zero-order chi connectivity index (χ0) is 20.4. The van der Waals surface area contributed by atoms with E-state index in [-0.39, 0.29) is 11.4 Å². The van der Waals surface area contributed by atoms with E-state index in [0.29, 0.717) is 25.6 Å². The van der Waals surface area contributed by atoms with Gasteiger partial charge in [-0.2, -0.15) is 0 Å². The number of nitrogens with zero attached hydrogens (tertiary/aromatic N) is 3. The second kappa shape index (κ2) is 7.91. The lowest BCUT2D eigenvalue weighted by molar-refractivity contribution is 0.0623. The Kier molecular flexibility index (Phi) is 5.32. The largest absolute Gasteiger partial charge is 0.454 e. The molecule has 4 rings (SSSR count). The molecule has 1 aromatic carbocycles. The van der Waals surface area contributed by atoms with Crippen LogP contribution < -0.4 is 14.8 Å². The number of fused-ring (bicyclic) bond motifs is 1. The average molecular weight is 396 g/mol. The monoisotopic (exact) mass is 396 g/mol. The van der Waals surface area contributed by atoms with Crippen LogP contribution in [0.3, 0.4) is 0 Å². The molecule has 1 fully saturated rings. The molecule has 1 amide bonds. The van der Waals surface area contributed by atoms with E-state index in [9.17, 15) is 4.79 Å². The zero-order valence-corrected chi connectivity index (χ0v) is 17.3. The molecule has 0 bridgehead atoms. The molecule has 0 spiro atoms. The van der Waals surface area contributed by atoms with Gasteiger partial charge in [0, 0.05) is 38.3 Å². The Morgan fingerprint density at radius 1 is 1.07 bits per heavy atom. The van der Waals surface area contributed by atoms with E-state index in [0.717, 1.165) is 36.8 Å². The van der Waals surface area contributed by atoms with Crippen LogP contribution in [0, 0.1) is 0 Å². The minimum Gasteiger partial charge on any atom is -0.454 e. The zero-order valence-electron chi connectivity index (χ0n) is 17.3. The first-order valence-corrected chi connectivity index (χ1v) is 10.0. The van der Waals surface area contributed by atoms with E-state index < -0.39 is 0 Å². The Balaban J connectivity index is 1.30. The fraction of sp³-hybridized carbons (Fsp3) is 0.455. The molecule has 2 aliphatic heterocycles. The molecule has 3 heterocycles. The van der Waals surface area contributed by atoms with Crippen molar-refractivity contribution in [2.75, 3.05) is 38.3 Å². The highest BCUT2D eigenvalue weighted by molar-refractivity contribution is 5.92. The maximum atomic E-state index is 12.8. The first-order valence-electron chi connectivity index (χ1n) is 10.0. The Labute approximate surface area is 171 Å². The number of aromatic nitrogens is 1. The second-order valence-electron chi connectivity index (χ2n) is 8.56. The van der Waals surface area contributed by atoms with Crippen LogP contribution in [0.5, 0.6) is 11.5 Å². The molecule has 7 nitrogen and oxygen atoms in total. The highest BCUT2D eigenvalue weighted by Crippen LogP contribution is 2.32. The summed E-state index contributed by atoms with van der Waals surface area (Å²) < 4.78 is 10.8. The molecule has 29 heavy (non-hydrogen) atoms. The summed E-state index contributed by atoms with van der Waals surface area (Å²) in [6.07, 6.45) is 1.73. The summed E-state index contributed by atoms with van der Waals surface area (Å²) in [4.78, 5) is 21.4. The Bertz CT molecular complexity index is 869. The summed E-state index contributed by atoms with van der Waals surface area (Å²) in [7, 11) is 0. The first-order chi connectivity index (χ1) is 13.9. The number of benzene rings is 1. The van der Waals surface area contributed by atoms with Gasteiger partial charge in [0.05, 0.1) is 11.9 Å². The minimum absolute atomic E-state index is 0.00459. The fourth-order valence-electron chi connectivity index (χ4n) is 3.60. The Morgan fingerprint density at radius 2 is 1.83 bits per heavy atom. The lowest BCUT2D eigenvalue weighted by Crippen LogP contribution is -2.48. The molecule has 0 radical (unpaired) electrons. The maximum Gasteiger partial charge on any atom is 0.272 e. The number of pyridine rings is 1. The predicted molar refractivity (Wildman–Crippen MR) is 111 cm³/mol. The summed E-state index contributed by atoms with van der Waals surface area (Å²) in [6.45, 7) is 10.5. The number of hydrogen-bond acceptors (Lipinski definition) is 6. The third-order valence-electron chi connectivity index (χ3n) is 5.00. The summed E-state index contributed by atoms with van der Waals surface area (Å²) in [5, 5.41) is 3.36. The van der Waals surface area contributed by atoms with Gasteiger partial charge >= 0.3 is 0 Å². The number of ether oxygens (including phenoxy) is 2. The molecule has 0 unspecified atom stereocenters. The predicted octanol–water partition coefficient (Wildman–Crippen LogP) is 2.98. The molecule has 1 aromatic heterocycles. The van der Waals surface area contributed by atoms with E-state index in [1.807, 2.05) is 23.1 Å². The van der Waals surface area contributed by atoms with Crippen molar-refractivity contribution in [1.82, 2.24) is 14.8 Å². The van der Waals surface area contributed by atoms with Gasteiger partial charge in [-0.3, -0.25) is 9.69 Å². The number of anilines is 1. The third kappa shape index (κ3) is 4.79. The van der Waals surface area contributed by atoms with Crippen molar-refractivity contribution in [3.63, 3.8) is 0 Å². The maximum absolute atomic E-state index is 12.8. The van der Waals surface area contributed by atoms with E-state index >= 15 is 0 Å². The normalized spacial score (nSPS) is 16.7. The Morgan fingerprint density at radius 3 is 2.52 bits per heavy atom. The molecule has 2 aliphatic rings. The minimum atomic E-state index is -0.0402. The number of carbonyl (C=O) groups is 1. The summed E-state index contributed by atoms with van der Waals surface area (Å²) in [6, 6.07) is 9.79. The summed E-state index contributed by atoms with van der Waals surface area (Å²) in [5.74, 6) is 1.61. The molecule has 154 valence electrons. The topological polar surface area (TPSA) is 66.9 Å². The van der Waals surface area contributed by atoms with Crippen molar-refractivity contribution in [1.29, 1.82) is 0 Å². The van der Waals surface area contributed by atoms with Crippen molar-refractivity contribution in [3.8, 4) is 11.5 Å². The number of amides is 1. The first kappa shape index (κ1) is 19.5. The molecular weight excluding hydrogens is 368 g/mol. The molecule has 7 heteroatoms. The second-order valence-corrected chi connectivity index (χ2v) is 8.56. The highest BCUT2D eigenvalue weighted by Gasteiger charge is 2.23. The summed E-state index contributed by atoms with van der Waals surface area (Å²) >= 11 is 0. The van der Waals surface area contributed by atoms with Gasteiger partial charge in [0.2, 0.25) is 6.79 Å². The van der Waals surface area contributed by atoms with E-state index in [1.54, 1.807) is 12.3 Å². The quantitative estimate of drug-likeness (QED) is 0.857. The van der Waals surface area contributed by atoms with Gasteiger partial charge < -0.3 is 19.7 Å². The van der Waals surface area contributed by atoms with Crippen LogP contribution in [0.1, 0.15) is 36.8 Å². The smallest absolute Gasteiger partial charge is 0.272 e. The Hall–Kier alpha value is -2.80. The molecule has 2 aromatic rings. The van der Waals surface area contributed by atoms with Crippen molar-refractivity contribution in [2.45, 2.75) is 32.9 Å². The van der Waals surface area contributed by atoms with Gasteiger partial charge in [0.15, 0.2) is 11.5 Å². The van der Waals surface area contributed by atoms with Gasteiger partial charge in [-0.05, 0) is 50.6 Å². The molecular formula is C22H28N4O3. The number of piperazine rings is 1. The van der Waals surface area contributed by atoms with Gasteiger partial charge in [-0.15, -0.1) is 0 Å². The summed E-state index contributed by atoms with van der Waals surface area (Å²) in [5.41, 5.74) is 2.57. The van der Waals surface area contributed by atoms with Crippen molar-refractivity contribution >= 4 is 11.6 Å². The number of carbonyl (C=O) groups excluding carboxylic acids is 1. The van der Waals surface area contributed by atoms with Crippen molar-refractivity contribution in [3.05, 3.63) is 47.8 Å². The van der Waals surface area contributed by atoms with Crippen LogP contribution in [0.25, 0.3) is 0 Å². The van der Waals surface area contributed by atoms with Gasteiger partial charge in [0.25, 0.3) is 5.91 Å². The number of hydrogen-bond donors (Lipinski definition) is 1. The van der Waals surface area contributed by atoms with Crippen LogP contribution in [0.15, 0.2) is 36.5 Å². The lowest BCUT2D eigenvalue weighted by atomic mass is 10.1. The number of nitrogens with one attached hydrogen (secondary N) is 1. The molecule has 0 atom stereocenters. The molecule has 1 N–H and O–H groups in total. The standard InChI is InChI=1S/C22H28N4O3/c1-22(2,3)24-17-5-6-18(23-13-17)21(27)26-10-8-25(9-11-26)14-16-4-7-19-20(12-16)29-15-28-19/h4-7,12-13,24H,8-11,14-15H2,1-3H3. The molecule has 0 aliphatic carbocycles. The average Bonchev–Trinajstić information content (AvgIpc) is 3.15. The third-order valence-corrected chi connectivity index (χ3v) is 5.00. The van der Waals surface area contributed by atoms with E-state index in [1.165, 1.54) is 5.56 Å². The SMILES string of the molecule is CC(C)(C)Nc1ccc(C(=O)N2CCN(Cc3ccc4c(c3)OCO4)CC2)nc1.